The second kappa shape index (κ2) is 11.1. The number of carbonyl (C=O) groups excluding carboxylic acids is 1. The molecular formula is C20H34Cl2N4O. The molecule has 2 saturated heterocycles. The Kier molecular flexibility index (Phi) is 9.88. The third-order valence-electron chi connectivity index (χ3n) is 5.53. The lowest BCUT2D eigenvalue weighted by Crippen LogP contribution is -2.49. The summed E-state index contributed by atoms with van der Waals surface area (Å²) < 4.78 is 0. The fourth-order valence-electron chi connectivity index (χ4n) is 4.10. The molecular weight excluding hydrogens is 383 g/mol. The SMILES string of the molecule is CCN(c1ccc(C(=O)N2CCC(N3CCNCC3)C2)cc1)C(C)C.Cl.Cl. The summed E-state index contributed by atoms with van der Waals surface area (Å²) in [6.45, 7) is 13.6. The Hall–Kier alpha value is -1.01. The first-order valence-corrected chi connectivity index (χ1v) is 9.71. The zero-order valence-electron chi connectivity index (χ0n) is 16.7. The lowest BCUT2D eigenvalue weighted by atomic mass is 10.1. The molecule has 1 N–H and O–H groups in total. The summed E-state index contributed by atoms with van der Waals surface area (Å²) in [5.41, 5.74) is 2.00. The third kappa shape index (κ3) is 5.74. The molecule has 1 aromatic rings. The summed E-state index contributed by atoms with van der Waals surface area (Å²) in [5, 5.41) is 3.40. The highest BCUT2D eigenvalue weighted by atomic mass is 35.5. The van der Waals surface area contributed by atoms with Crippen molar-refractivity contribution in [1.82, 2.24) is 15.1 Å². The maximum Gasteiger partial charge on any atom is 0.253 e. The number of carbonyl (C=O) groups is 1. The number of benzene rings is 1. The van der Waals surface area contributed by atoms with Crippen molar-refractivity contribution in [3.63, 3.8) is 0 Å². The van der Waals surface area contributed by atoms with E-state index in [2.05, 4.69) is 48.0 Å². The van der Waals surface area contributed by atoms with Crippen LogP contribution in [0.25, 0.3) is 0 Å². The summed E-state index contributed by atoms with van der Waals surface area (Å²) in [4.78, 5) is 19.7. The molecule has 2 aliphatic rings. The van der Waals surface area contributed by atoms with E-state index in [0.29, 0.717) is 12.1 Å². The van der Waals surface area contributed by atoms with Gasteiger partial charge in [-0.2, -0.15) is 0 Å². The van der Waals surface area contributed by atoms with Crippen LogP contribution >= 0.6 is 24.8 Å². The van der Waals surface area contributed by atoms with Gasteiger partial charge in [-0.05, 0) is 51.5 Å². The zero-order valence-corrected chi connectivity index (χ0v) is 18.3. The lowest BCUT2D eigenvalue weighted by Gasteiger charge is -2.32. The standard InChI is InChI=1S/C20H32N4O.2ClH/c1-4-24(16(2)3)18-7-5-17(6-8-18)20(25)23-12-9-19(15-23)22-13-10-21-11-14-22;;/h5-8,16,19,21H,4,9-15H2,1-3H3;2*1H. The Labute approximate surface area is 176 Å². The number of halogens is 2. The van der Waals surface area contributed by atoms with Crippen LogP contribution in [-0.2, 0) is 0 Å². The number of hydrogen-bond acceptors (Lipinski definition) is 4. The second-order valence-electron chi connectivity index (χ2n) is 7.41. The minimum atomic E-state index is 0. The van der Waals surface area contributed by atoms with Gasteiger partial charge in [0.15, 0.2) is 0 Å². The van der Waals surface area contributed by atoms with Gasteiger partial charge in [-0.25, -0.2) is 0 Å². The van der Waals surface area contributed by atoms with E-state index in [-0.39, 0.29) is 30.7 Å². The molecule has 0 saturated carbocycles. The van der Waals surface area contributed by atoms with Gasteiger partial charge < -0.3 is 15.1 Å². The Bertz CT molecular complexity index is 576. The van der Waals surface area contributed by atoms with E-state index in [1.807, 2.05) is 17.0 Å². The Morgan fingerprint density at radius 1 is 1.15 bits per heavy atom. The maximum absolute atomic E-state index is 12.8. The predicted molar refractivity (Wildman–Crippen MR) is 118 cm³/mol. The predicted octanol–water partition coefficient (Wildman–Crippen LogP) is 2.88. The lowest BCUT2D eigenvalue weighted by molar-refractivity contribution is 0.0773. The van der Waals surface area contributed by atoms with Gasteiger partial charge in [0.25, 0.3) is 5.91 Å². The molecule has 0 radical (unpaired) electrons. The molecule has 0 bridgehead atoms. The van der Waals surface area contributed by atoms with Gasteiger partial charge in [-0.15, -0.1) is 24.8 Å². The molecule has 2 heterocycles. The van der Waals surface area contributed by atoms with Gasteiger partial charge in [0.2, 0.25) is 0 Å². The highest BCUT2D eigenvalue weighted by Gasteiger charge is 2.31. The van der Waals surface area contributed by atoms with Crippen molar-refractivity contribution in [2.24, 2.45) is 0 Å². The van der Waals surface area contributed by atoms with Crippen LogP contribution < -0.4 is 10.2 Å². The highest BCUT2D eigenvalue weighted by Crippen LogP contribution is 2.21. The number of anilines is 1. The molecule has 1 aromatic carbocycles. The minimum Gasteiger partial charge on any atom is -0.369 e. The average molecular weight is 417 g/mol. The molecule has 0 aromatic heterocycles. The molecule has 3 rings (SSSR count). The number of amides is 1. The summed E-state index contributed by atoms with van der Waals surface area (Å²) in [7, 11) is 0. The van der Waals surface area contributed by atoms with Crippen LogP contribution in [0.15, 0.2) is 24.3 Å². The van der Waals surface area contributed by atoms with Gasteiger partial charge in [0, 0.05) is 69.1 Å². The van der Waals surface area contributed by atoms with Gasteiger partial charge in [-0.1, -0.05) is 0 Å². The first-order chi connectivity index (χ1) is 12.1. The van der Waals surface area contributed by atoms with Crippen LogP contribution in [0.3, 0.4) is 0 Å². The van der Waals surface area contributed by atoms with E-state index >= 15 is 0 Å². The van der Waals surface area contributed by atoms with Gasteiger partial charge >= 0.3 is 0 Å². The van der Waals surface area contributed by atoms with Crippen LogP contribution in [0.2, 0.25) is 0 Å². The summed E-state index contributed by atoms with van der Waals surface area (Å²) in [6, 6.07) is 9.13. The van der Waals surface area contributed by atoms with Gasteiger partial charge in [0.1, 0.15) is 0 Å². The number of nitrogens with zero attached hydrogens (tertiary/aromatic N) is 3. The molecule has 0 spiro atoms. The van der Waals surface area contributed by atoms with Crippen LogP contribution in [0.1, 0.15) is 37.6 Å². The van der Waals surface area contributed by atoms with E-state index in [0.717, 1.165) is 57.8 Å². The van der Waals surface area contributed by atoms with Crippen LogP contribution in [0.4, 0.5) is 5.69 Å². The quantitative estimate of drug-likeness (QED) is 0.800. The van der Waals surface area contributed by atoms with Crippen LogP contribution in [0.5, 0.6) is 0 Å². The number of nitrogens with one attached hydrogen (secondary N) is 1. The zero-order chi connectivity index (χ0) is 17.8. The first kappa shape index (κ1) is 24.0. The number of hydrogen-bond donors (Lipinski definition) is 1. The summed E-state index contributed by atoms with van der Waals surface area (Å²) in [5.74, 6) is 0.178. The Morgan fingerprint density at radius 2 is 1.78 bits per heavy atom. The topological polar surface area (TPSA) is 38.8 Å². The fraction of sp³-hybridized carbons (Fsp3) is 0.650. The molecule has 154 valence electrons. The Morgan fingerprint density at radius 3 is 2.33 bits per heavy atom. The van der Waals surface area contributed by atoms with Crippen molar-refractivity contribution in [1.29, 1.82) is 0 Å². The first-order valence-electron chi connectivity index (χ1n) is 9.71. The largest absolute Gasteiger partial charge is 0.369 e. The molecule has 1 amide bonds. The number of likely N-dealkylation sites (tertiary alicyclic amines) is 1. The van der Waals surface area contributed by atoms with Crippen molar-refractivity contribution in [2.75, 3.05) is 50.7 Å². The number of piperazine rings is 1. The third-order valence-corrected chi connectivity index (χ3v) is 5.53. The molecule has 2 aliphatic heterocycles. The maximum atomic E-state index is 12.8. The molecule has 7 heteroatoms. The van der Waals surface area contributed by atoms with Crippen LogP contribution in [-0.4, -0.2) is 73.6 Å². The van der Waals surface area contributed by atoms with Crippen molar-refractivity contribution >= 4 is 36.4 Å². The van der Waals surface area contributed by atoms with E-state index in [4.69, 9.17) is 0 Å². The van der Waals surface area contributed by atoms with Crippen molar-refractivity contribution in [3.8, 4) is 0 Å². The molecule has 2 fully saturated rings. The Balaban J connectivity index is 0.00000182. The summed E-state index contributed by atoms with van der Waals surface area (Å²) in [6.07, 6.45) is 1.10. The second-order valence-corrected chi connectivity index (χ2v) is 7.41. The van der Waals surface area contributed by atoms with Crippen molar-refractivity contribution in [3.05, 3.63) is 29.8 Å². The highest BCUT2D eigenvalue weighted by molar-refractivity contribution is 5.94. The molecule has 1 unspecified atom stereocenters. The van der Waals surface area contributed by atoms with E-state index in [9.17, 15) is 4.79 Å². The van der Waals surface area contributed by atoms with E-state index < -0.39 is 0 Å². The van der Waals surface area contributed by atoms with Crippen molar-refractivity contribution < 1.29 is 4.79 Å². The van der Waals surface area contributed by atoms with Crippen LogP contribution in [0, 0.1) is 0 Å². The summed E-state index contributed by atoms with van der Waals surface area (Å²) >= 11 is 0. The number of rotatable bonds is 5. The molecule has 27 heavy (non-hydrogen) atoms. The van der Waals surface area contributed by atoms with Crippen molar-refractivity contribution in [2.45, 2.75) is 39.3 Å². The molecule has 1 atom stereocenters. The van der Waals surface area contributed by atoms with E-state index in [1.54, 1.807) is 0 Å². The molecule has 5 nitrogen and oxygen atoms in total. The van der Waals surface area contributed by atoms with Gasteiger partial charge in [-0.3, -0.25) is 9.69 Å². The normalized spacial score (nSPS) is 20.1. The van der Waals surface area contributed by atoms with E-state index in [1.165, 1.54) is 5.69 Å². The fourth-order valence-corrected chi connectivity index (χ4v) is 4.10. The minimum absolute atomic E-state index is 0. The van der Waals surface area contributed by atoms with Gasteiger partial charge in [0.05, 0.1) is 0 Å². The average Bonchev–Trinajstić information content (AvgIpc) is 3.13. The molecule has 0 aliphatic carbocycles. The monoisotopic (exact) mass is 416 g/mol. The smallest absolute Gasteiger partial charge is 0.253 e.